The van der Waals surface area contributed by atoms with Crippen LogP contribution in [-0.4, -0.2) is 35.6 Å². The molecule has 0 aliphatic heterocycles. The quantitative estimate of drug-likeness (QED) is 0.883. The van der Waals surface area contributed by atoms with Crippen LogP contribution in [-0.2, 0) is 11.2 Å². The number of rotatable bonds is 4. The fourth-order valence-corrected chi connectivity index (χ4v) is 2.25. The van der Waals surface area contributed by atoms with E-state index in [9.17, 15) is 14.3 Å². The van der Waals surface area contributed by atoms with Gasteiger partial charge in [0.05, 0.1) is 12.5 Å². The van der Waals surface area contributed by atoms with Crippen LogP contribution in [0.15, 0.2) is 24.3 Å². The fraction of sp³-hybridized carbons (Fsp3) is 0.500. The average molecular weight is 251 g/mol. The molecule has 1 amide bonds. The fourth-order valence-electron chi connectivity index (χ4n) is 2.25. The standard InChI is InChI=1S/C14H18FNO2/c1-16(9-11-6-13(17)7-11)14(18)8-10-2-4-12(15)5-3-10/h2-5,11,13,17H,6-9H2,1H3. The minimum atomic E-state index is -0.289. The number of nitrogens with zero attached hydrogens (tertiary/aromatic N) is 1. The third-order valence-corrected chi connectivity index (χ3v) is 3.44. The lowest BCUT2D eigenvalue weighted by atomic mass is 9.82. The number of aliphatic hydroxyl groups is 1. The Balaban J connectivity index is 1.81. The molecule has 3 nitrogen and oxygen atoms in total. The normalized spacial score (nSPS) is 22.4. The molecule has 0 aromatic heterocycles. The summed E-state index contributed by atoms with van der Waals surface area (Å²) in [6, 6.07) is 6.00. The van der Waals surface area contributed by atoms with Gasteiger partial charge in [-0.25, -0.2) is 4.39 Å². The van der Waals surface area contributed by atoms with E-state index in [1.807, 2.05) is 0 Å². The van der Waals surface area contributed by atoms with Gasteiger partial charge in [-0.3, -0.25) is 4.79 Å². The molecule has 98 valence electrons. The molecule has 0 unspecified atom stereocenters. The van der Waals surface area contributed by atoms with E-state index in [-0.39, 0.29) is 17.8 Å². The second kappa shape index (κ2) is 5.48. The van der Waals surface area contributed by atoms with Crippen molar-refractivity contribution in [2.24, 2.45) is 5.92 Å². The molecule has 1 fully saturated rings. The minimum Gasteiger partial charge on any atom is -0.393 e. The predicted octanol–water partition coefficient (Wildman–Crippen LogP) is 1.60. The molecule has 0 atom stereocenters. The number of carbonyl (C=O) groups is 1. The number of hydrogen-bond acceptors (Lipinski definition) is 2. The Kier molecular flexibility index (Phi) is 3.97. The van der Waals surface area contributed by atoms with Gasteiger partial charge in [-0.1, -0.05) is 12.1 Å². The number of aliphatic hydroxyl groups excluding tert-OH is 1. The molecule has 1 saturated carbocycles. The van der Waals surface area contributed by atoms with Crippen molar-refractivity contribution in [3.63, 3.8) is 0 Å². The highest BCUT2D eigenvalue weighted by atomic mass is 19.1. The lowest BCUT2D eigenvalue weighted by Crippen LogP contribution is -2.40. The average Bonchev–Trinajstić information content (AvgIpc) is 2.30. The molecule has 0 spiro atoms. The molecule has 0 heterocycles. The molecule has 1 aliphatic rings. The Labute approximate surface area is 106 Å². The first-order valence-corrected chi connectivity index (χ1v) is 6.21. The number of amides is 1. The van der Waals surface area contributed by atoms with Gasteiger partial charge in [-0.15, -0.1) is 0 Å². The molecule has 1 aromatic carbocycles. The van der Waals surface area contributed by atoms with Crippen molar-refractivity contribution < 1.29 is 14.3 Å². The van der Waals surface area contributed by atoms with Gasteiger partial charge in [0.25, 0.3) is 0 Å². The molecule has 2 rings (SSSR count). The zero-order valence-corrected chi connectivity index (χ0v) is 10.5. The van der Waals surface area contributed by atoms with Gasteiger partial charge in [0.15, 0.2) is 0 Å². The Hall–Kier alpha value is -1.42. The minimum absolute atomic E-state index is 0.0306. The smallest absolute Gasteiger partial charge is 0.226 e. The summed E-state index contributed by atoms with van der Waals surface area (Å²) in [6.45, 7) is 0.692. The maximum absolute atomic E-state index is 12.7. The van der Waals surface area contributed by atoms with E-state index in [1.165, 1.54) is 12.1 Å². The summed E-state index contributed by atoms with van der Waals surface area (Å²) in [4.78, 5) is 13.6. The van der Waals surface area contributed by atoms with Crippen LogP contribution in [0.1, 0.15) is 18.4 Å². The van der Waals surface area contributed by atoms with Gasteiger partial charge >= 0.3 is 0 Å². The van der Waals surface area contributed by atoms with Gasteiger partial charge in [-0.05, 0) is 36.5 Å². The highest BCUT2D eigenvalue weighted by molar-refractivity contribution is 5.78. The largest absolute Gasteiger partial charge is 0.393 e. The summed E-state index contributed by atoms with van der Waals surface area (Å²) in [5.74, 6) is 0.160. The van der Waals surface area contributed by atoms with Crippen molar-refractivity contribution in [3.8, 4) is 0 Å². The summed E-state index contributed by atoms with van der Waals surface area (Å²) in [5, 5.41) is 9.19. The van der Waals surface area contributed by atoms with Crippen molar-refractivity contribution in [1.29, 1.82) is 0 Å². The SMILES string of the molecule is CN(CC1CC(O)C1)C(=O)Cc1ccc(F)cc1. The summed E-state index contributed by atoms with van der Waals surface area (Å²) in [6.07, 6.45) is 1.68. The third kappa shape index (κ3) is 3.29. The first-order chi connectivity index (χ1) is 8.54. The first kappa shape index (κ1) is 13.0. The van der Waals surface area contributed by atoms with E-state index in [2.05, 4.69) is 0 Å². The zero-order valence-electron chi connectivity index (χ0n) is 10.5. The van der Waals surface area contributed by atoms with Crippen LogP contribution in [0.25, 0.3) is 0 Å². The molecular formula is C14H18FNO2. The molecule has 1 N–H and O–H groups in total. The van der Waals surface area contributed by atoms with Gasteiger partial charge in [-0.2, -0.15) is 0 Å². The van der Waals surface area contributed by atoms with E-state index in [0.717, 1.165) is 18.4 Å². The van der Waals surface area contributed by atoms with Gasteiger partial charge in [0.2, 0.25) is 5.91 Å². The molecule has 0 radical (unpaired) electrons. The second-order valence-corrected chi connectivity index (χ2v) is 5.07. The van der Waals surface area contributed by atoms with Crippen LogP contribution in [0.4, 0.5) is 4.39 Å². The van der Waals surface area contributed by atoms with Crippen molar-refractivity contribution in [1.82, 2.24) is 4.90 Å². The molecule has 18 heavy (non-hydrogen) atoms. The Bertz CT molecular complexity index is 412. The number of carbonyl (C=O) groups excluding carboxylic acids is 1. The van der Waals surface area contributed by atoms with Crippen LogP contribution in [0.2, 0.25) is 0 Å². The van der Waals surface area contributed by atoms with Crippen molar-refractivity contribution in [3.05, 3.63) is 35.6 Å². The van der Waals surface area contributed by atoms with Gasteiger partial charge < -0.3 is 10.0 Å². The summed E-state index contributed by atoms with van der Waals surface area (Å²) >= 11 is 0. The van der Waals surface area contributed by atoms with Crippen LogP contribution >= 0.6 is 0 Å². The molecule has 0 bridgehead atoms. The maximum Gasteiger partial charge on any atom is 0.226 e. The Morgan fingerprint density at radius 1 is 1.39 bits per heavy atom. The van der Waals surface area contributed by atoms with Gasteiger partial charge in [0.1, 0.15) is 5.82 Å². The highest BCUT2D eigenvalue weighted by Crippen LogP contribution is 2.27. The van der Waals surface area contributed by atoms with Gasteiger partial charge in [0, 0.05) is 13.6 Å². The monoisotopic (exact) mass is 251 g/mol. The van der Waals surface area contributed by atoms with E-state index in [1.54, 1.807) is 24.1 Å². The van der Waals surface area contributed by atoms with Crippen LogP contribution < -0.4 is 0 Å². The molecular weight excluding hydrogens is 233 g/mol. The van der Waals surface area contributed by atoms with Crippen molar-refractivity contribution in [2.75, 3.05) is 13.6 Å². The van der Waals surface area contributed by atoms with Crippen LogP contribution in [0.5, 0.6) is 0 Å². The highest BCUT2D eigenvalue weighted by Gasteiger charge is 2.28. The van der Waals surface area contributed by atoms with Crippen LogP contribution in [0, 0.1) is 11.7 Å². The molecule has 1 aromatic rings. The number of halogens is 1. The molecule has 1 aliphatic carbocycles. The zero-order chi connectivity index (χ0) is 13.1. The second-order valence-electron chi connectivity index (χ2n) is 5.07. The number of hydrogen-bond donors (Lipinski definition) is 1. The van der Waals surface area contributed by atoms with E-state index < -0.39 is 0 Å². The summed E-state index contributed by atoms with van der Waals surface area (Å²) < 4.78 is 12.7. The predicted molar refractivity (Wildman–Crippen MR) is 66.5 cm³/mol. The summed E-state index contributed by atoms with van der Waals surface area (Å²) in [5.41, 5.74) is 0.821. The van der Waals surface area contributed by atoms with Crippen molar-refractivity contribution >= 4 is 5.91 Å². The maximum atomic E-state index is 12.7. The third-order valence-electron chi connectivity index (χ3n) is 3.44. The lowest BCUT2D eigenvalue weighted by molar-refractivity contribution is -0.130. The lowest BCUT2D eigenvalue weighted by Gasteiger charge is -2.34. The van der Waals surface area contributed by atoms with E-state index >= 15 is 0 Å². The van der Waals surface area contributed by atoms with Crippen molar-refractivity contribution in [2.45, 2.75) is 25.4 Å². The molecule has 0 saturated heterocycles. The summed E-state index contributed by atoms with van der Waals surface area (Å²) in [7, 11) is 1.77. The number of benzene rings is 1. The first-order valence-electron chi connectivity index (χ1n) is 6.21. The van der Waals surface area contributed by atoms with E-state index in [0.29, 0.717) is 18.9 Å². The molecule has 4 heteroatoms. The Morgan fingerprint density at radius 3 is 2.56 bits per heavy atom. The Morgan fingerprint density at radius 2 is 2.00 bits per heavy atom. The van der Waals surface area contributed by atoms with E-state index in [4.69, 9.17) is 0 Å². The number of likely N-dealkylation sites (N-methyl/N-ethyl adjacent to an activating group) is 1. The topological polar surface area (TPSA) is 40.5 Å². The van der Waals surface area contributed by atoms with Crippen LogP contribution in [0.3, 0.4) is 0 Å².